The molecule has 0 radical (unpaired) electrons. The monoisotopic (exact) mass is 548 g/mol. The van der Waals surface area contributed by atoms with Gasteiger partial charge in [-0.1, -0.05) is 18.2 Å². The highest BCUT2D eigenvalue weighted by molar-refractivity contribution is 7.67. The van der Waals surface area contributed by atoms with E-state index in [2.05, 4.69) is 0 Å². The van der Waals surface area contributed by atoms with Crippen molar-refractivity contribution in [3.63, 3.8) is 0 Å². The molecular weight excluding hydrogens is 522 g/mol. The number of rotatable bonds is 10. The van der Waals surface area contributed by atoms with Gasteiger partial charge in [-0.15, -0.1) is 11.6 Å². The molecule has 6 N–H and O–H groups in total. The van der Waals surface area contributed by atoms with E-state index in [1.165, 1.54) is 24.3 Å². The number of urea groups is 1. The van der Waals surface area contributed by atoms with Crippen LogP contribution in [0.5, 0.6) is 5.75 Å². The van der Waals surface area contributed by atoms with Gasteiger partial charge >= 0.3 is 13.6 Å². The summed E-state index contributed by atoms with van der Waals surface area (Å²) in [6.07, 6.45) is -0.788. The van der Waals surface area contributed by atoms with Crippen LogP contribution in [0.3, 0.4) is 0 Å². The maximum atomic E-state index is 13.6. The van der Waals surface area contributed by atoms with E-state index in [0.29, 0.717) is 0 Å². The van der Waals surface area contributed by atoms with E-state index in [0.717, 1.165) is 17.8 Å². The van der Waals surface area contributed by atoms with Crippen molar-refractivity contribution in [1.82, 2.24) is 10.4 Å². The summed E-state index contributed by atoms with van der Waals surface area (Å²) in [6.45, 7) is -0.149. The molecule has 192 valence electrons. The fourth-order valence-corrected chi connectivity index (χ4v) is 6.24. The molecule has 12 nitrogen and oxygen atoms in total. The number of carbonyl (C=O) groups excluding carboxylic acids is 2. The van der Waals surface area contributed by atoms with Crippen LogP contribution in [0.2, 0.25) is 0 Å². The molecule has 2 unspecified atom stereocenters. The van der Waals surface area contributed by atoms with Crippen molar-refractivity contribution < 1.29 is 38.1 Å². The van der Waals surface area contributed by atoms with Crippen LogP contribution in [0.15, 0.2) is 48.5 Å². The third-order valence-corrected chi connectivity index (χ3v) is 8.44. The first-order valence-corrected chi connectivity index (χ1v) is 14.1. The van der Waals surface area contributed by atoms with Gasteiger partial charge < -0.3 is 30.1 Å². The highest BCUT2D eigenvalue weighted by atomic mass is 35.5. The minimum absolute atomic E-state index is 0.0115. The summed E-state index contributed by atoms with van der Waals surface area (Å²) >= 11 is 5.67. The molecule has 35 heavy (non-hydrogen) atoms. The van der Waals surface area contributed by atoms with Crippen LogP contribution in [0.1, 0.15) is 11.3 Å². The summed E-state index contributed by atoms with van der Waals surface area (Å²) in [7, 11) is -5.45. The SMILES string of the molecule is CN(C)c1ccc(P(=O)(CC(=O)NN(C(N)=O)C(c2ccccc2O)P(=O)(O)O)OCCCl)cc1. The molecule has 0 fully saturated rings. The first-order valence-electron chi connectivity index (χ1n) is 10.1. The number of halogens is 1. The molecule has 15 heteroatoms. The van der Waals surface area contributed by atoms with E-state index in [1.54, 1.807) is 12.1 Å². The molecule has 0 aliphatic rings. The van der Waals surface area contributed by atoms with E-state index in [-0.39, 0.29) is 28.4 Å². The third-order valence-electron chi connectivity index (χ3n) is 4.75. The Labute approximate surface area is 207 Å². The maximum Gasteiger partial charge on any atom is 0.354 e. The Kier molecular flexibility index (Phi) is 9.74. The molecule has 0 aliphatic carbocycles. The highest BCUT2D eigenvalue weighted by Gasteiger charge is 2.42. The predicted octanol–water partition coefficient (Wildman–Crippen LogP) is 1.91. The van der Waals surface area contributed by atoms with E-state index in [4.69, 9.17) is 21.9 Å². The van der Waals surface area contributed by atoms with Crippen molar-refractivity contribution in [3.8, 4) is 5.75 Å². The van der Waals surface area contributed by atoms with Crippen molar-refractivity contribution in [1.29, 1.82) is 0 Å². The molecule has 2 aromatic rings. The topological polar surface area (TPSA) is 183 Å². The van der Waals surface area contributed by atoms with Crippen LogP contribution in [-0.4, -0.2) is 64.6 Å². The lowest BCUT2D eigenvalue weighted by Gasteiger charge is -2.31. The van der Waals surface area contributed by atoms with Crippen LogP contribution in [0.4, 0.5) is 10.5 Å². The Hall–Kier alpha value is -2.59. The van der Waals surface area contributed by atoms with Crippen LogP contribution in [0, 0.1) is 0 Å². The quantitative estimate of drug-likeness (QED) is 0.168. The number of aromatic hydroxyl groups is 1. The van der Waals surface area contributed by atoms with Crippen LogP contribution in [-0.2, 0) is 18.4 Å². The smallest absolute Gasteiger partial charge is 0.354 e. The van der Waals surface area contributed by atoms with Crippen molar-refractivity contribution in [2.75, 3.05) is 37.6 Å². The lowest BCUT2D eigenvalue weighted by molar-refractivity contribution is -0.122. The average molecular weight is 549 g/mol. The number of primary amides is 1. The maximum absolute atomic E-state index is 13.6. The number of benzene rings is 2. The van der Waals surface area contributed by atoms with Crippen molar-refractivity contribution in [3.05, 3.63) is 54.1 Å². The normalized spacial score (nSPS) is 14.0. The Morgan fingerprint density at radius 2 is 1.71 bits per heavy atom. The number of nitrogens with zero attached hydrogens (tertiary/aromatic N) is 2. The van der Waals surface area contributed by atoms with E-state index >= 15 is 0 Å². The van der Waals surface area contributed by atoms with Gasteiger partial charge in [0.05, 0.1) is 6.61 Å². The zero-order valence-electron chi connectivity index (χ0n) is 18.9. The van der Waals surface area contributed by atoms with E-state index in [9.17, 15) is 33.6 Å². The predicted molar refractivity (Wildman–Crippen MR) is 132 cm³/mol. The van der Waals surface area contributed by atoms with E-state index in [1.807, 2.05) is 24.4 Å². The van der Waals surface area contributed by atoms with Crippen LogP contribution in [0.25, 0.3) is 0 Å². The number of hydrogen-bond donors (Lipinski definition) is 5. The standard InChI is InChI=1S/C20H27ClN4O8P2/c1-24(2)14-7-9-15(10-8-14)34(29,33-12-11-21)13-18(27)23-25(20(22)28)19(35(30,31)32)16-5-3-4-6-17(16)26/h3-10,19,26H,11-13H2,1-2H3,(H2,22,28)(H,23,27)(H2,30,31,32). The minimum atomic E-state index is -5.20. The van der Waals surface area contributed by atoms with Gasteiger partial charge in [0.15, 0.2) is 5.78 Å². The second-order valence-corrected chi connectivity index (χ2v) is 12.0. The minimum Gasteiger partial charge on any atom is -0.508 e. The molecule has 0 aliphatic heterocycles. The number of phenolic OH excluding ortho intramolecular Hbond substituents is 1. The van der Waals surface area contributed by atoms with Gasteiger partial charge in [-0.3, -0.25) is 19.4 Å². The lowest BCUT2D eigenvalue weighted by Crippen LogP contribution is -2.51. The molecule has 0 heterocycles. The molecule has 0 bridgehead atoms. The first-order chi connectivity index (χ1) is 16.3. The van der Waals surface area contributed by atoms with Crippen molar-refractivity contribution >= 4 is 49.5 Å². The average Bonchev–Trinajstić information content (AvgIpc) is 2.77. The fraction of sp³-hybridized carbons (Fsp3) is 0.300. The second kappa shape index (κ2) is 11.9. The summed E-state index contributed by atoms with van der Waals surface area (Å²) in [5, 5.41) is 10.5. The van der Waals surface area contributed by atoms with Crippen LogP contribution < -0.4 is 21.4 Å². The van der Waals surface area contributed by atoms with Gasteiger partial charge in [0.1, 0.15) is 11.9 Å². The lowest BCUT2D eigenvalue weighted by atomic mass is 10.2. The number of nitrogens with two attached hydrogens (primary N) is 1. The number of amides is 3. The molecule has 0 saturated carbocycles. The number of anilines is 1. The van der Waals surface area contributed by atoms with Gasteiger partial charge in [0.25, 0.3) is 0 Å². The van der Waals surface area contributed by atoms with Gasteiger partial charge in [-0.05, 0) is 30.3 Å². The molecule has 0 spiro atoms. The summed E-state index contributed by atoms with van der Waals surface area (Å²) < 4.78 is 31.3. The molecule has 2 rings (SSSR count). The van der Waals surface area contributed by atoms with Crippen molar-refractivity contribution in [2.24, 2.45) is 5.73 Å². The Morgan fingerprint density at radius 1 is 1.11 bits per heavy atom. The number of nitrogens with one attached hydrogen (secondary N) is 1. The van der Waals surface area contributed by atoms with Crippen molar-refractivity contribution in [2.45, 2.75) is 5.78 Å². The molecule has 3 amide bonds. The summed E-state index contributed by atoms with van der Waals surface area (Å²) in [4.78, 5) is 46.6. The number of hydrazine groups is 1. The molecule has 2 aromatic carbocycles. The van der Waals surface area contributed by atoms with Gasteiger partial charge in [-0.2, -0.15) is 0 Å². The van der Waals surface area contributed by atoms with Gasteiger partial charge in [0, 0.05) is 36.5 Å². The Morgan fingerprint density at radius 3 is 2.20 bits per heavy atom. The number of carbonyl (C=O) groups is 2. The number of hydrogen-bond acceptors (Lipinski definition) is 7. The Bertz CT molecular complexity index is 1140. The molecule has 2 atom stereocenters. The second-order valence-electron chi connectivity index (χ2n) is 7.53. The third kappa shape index (κ3) is 7.44. The number of para-hydroxylation sites is 1. The Balaban J connectivity index is 2.39. The zero-order valence-corrected chi connectivity index (χ0v) is 21.5. The van der Waals surface area contributed by atoms with Crippen LogP contribution >= 0.6 is 26.6 Å². The number of phenols is 1. The fourth-order valence-electron chi connectivity index (χ4n) is 3.14. The highest BCUT2D eigenvalue weighted by Crippen LogP contribution is 2.55. The van der Waals surface area contributed by atoms with Gasteiger partial charge in [-0.25, -0.2) is 9.80 Å². The zero-order chi connectivity index (χ0) is 26.4. The van der Waals surface area contributed by atoms with E-state index < -0.39 is 44.6 Å². The molecule has 0 saturated heterocycles. The first kappa shape index (κ1) is 28.6. The summed E-state index contributed by atoms with van der Waals surface area (Å²) in [6, 6.07) is 10.0. The largest absolute Gasteiger partial charge is 0.508 e. The molecule has 0 aromatic heterocycles. The summed E-state index contributed by atoms with van der Waals surface area (Å²) in [5.41, 5.74) is 7.74. The molecular formula is C20H27ClN4O8P2. The number of alkyl halides is 1. The summed E-state index contributed by atoms with van der Waals surface area (Å²) in [5.74, 6) is -3.78. The van der Waals surface area contributed by atoms with Gasteiger partial charge in [0.2, 0.25) is 13.3 Å².